The Morgan fingerprint density at radius 3 is 2.58 bits per heavy atom. The van der Waals surface area contributed by atoms with Crippen molar-refractivity contribution in [2.75, 3.05) is 24.7 Å². The van der Waals surface area contributed by atoms with E-state index in [0.29, 0.717) is 12.2 Å². The number of sulfone groups is 1. The standard InChI is InChI=1S/C16H21NO6S/c1-12-2-4-14(5-3-12)22-8-6-16(19)23-10-15(18)17-13-7-9-24(20,21)11-13/h2-5,13H,6-11H2,1H3,(H,17,18)/t13-/m0/s1. The summed E-state index contributed by atoms with van der Waals surface area (Å²) in [6.07, 6.45) is 0.422. The van der Waals surface area contributed by atoms with Crippen molar-refractivity contribution in [3.63, 3.8) is 0 Å². The summed E-state index contributed by atoms with van der Waals surface area (Å²) in [6, 6.07) is 7.03. The third-order valence-corrected chi connectivity index (χ3v) is 5.33. The molecule has 1 saturated heterocycles. The summed E-state index contributed by atoms with van der Waals surface area (Å²) in [6.45, 7) is 1.71. The zero-order valence-corrected chi connectivity index (χ0v) is 14.3. The number of hydrogen-bond donors (Lipinski definition) is 1. The van der Waals surface area contributed by atoms with Gasteiger partial charge in [0.15, 0.2) is 16.4 Å². The summed E-state index contributed by atoms with van der Waals surface area (Å²) in [4.78, 5) is 23.2. The number of esters is 1. The summed E-state index contributed by atoms with van der Waals surface area (Å²) in [5, 5.41) is 2.55. The van der Waals surface area contributed by atoms with E-state index >= 15 is 0 Å². The van der Waals surface area contributed by atoms with E-state index in [4.69, 9.17) is 9.47 Å². The van der Waals surface area contributed by atoms with E-state index in [1.807, 2.05) is 31.2 Å². The maximum atomic E-state index is 11.6. The number of rotatable bonds is 7. The molecule has 0 spiro atoms. The van der Waals surface area contributed by atoms with E-state index in [9.17, 15) is 18.0 Å². The molecule has 7 nitrogen and oxygen atoms in total. The Hall–Kier alpha value is -2.09. The summed E-state index contributed by atoms with van der Waals surface area (Å²) >= 11 is 0. The van der Waals surface area contributed by atoms with Crippen molar-refractivity contribution in [1.29, 1.82) is 0 Å². The van der Waals surface area contributed by atoms with Gasteiger partial charge in [-0.15, -0.1) is 0 Å². The Bertz CT molecular complexity index is 683. The molecule has 132 valence electrons. The van der Waals surface area contributed by atoms with Crippen LogP contribution >= 0.6 is 0 Å². The van der Waals surface area contributed by atoms with E-state index in [2.05, 4.69) is 5.32 Å². The smallest absolute Gasteiger partial charge is 0.309 e. The van der Waals surface area contributed by atoms with Crippen molar-refractivity contribution in [3.05, 3.63) is 29.8 Å². The SMILES string of the molecule is Cc1ccc(OCCC(=O)OCC(=O)N[C@H]2CCS(=O)(=O)C2)cc1. The van der Waals surface area contributed by atoms with Crippen LogP contribution in [0.2, 0.25) is 0 Å². The second-order valence-electron chi connectivity index (χ2n) is 5.74. The average Bonchev–Trinajstić information content (AvgIpc) is 2.86. The van der Waals surface area contributed by atoms with E-state index in [1.54, 1.807) is 0 Å². The number of nitrogens with one attached hydrogen (secondary N) is 1. The zero-order valence-electron chi connectivity index (χ0n) is 13.5. The van der Waals surface area contributed by atoms with Crippen molar-refractivity contribution >= 4 is 21.7 Å². The van der Waals surface area contributed by atoms with Crippen molar-refractivity contribution in [3.8, 4) is 5.75 Å². The van der Waals surface area contributed by atoms with Crippen LogP contribution < -0.4 is 10.1 Å². The van der Waals surface area contributed by atoms with Gasteiger partial charge in [0, 0.05) is 6.04 Å². The first-order valence-electron chi connectivity index (χ1n) is 7.69. The third kappa shape index (κ3) is 6.19. The lowest BCUT2D eigenvalue weighted by atomic mass is 10.2. The molecular weight excluding hydrogens is 334 g/mol. The van der Waals surface area contributed by atoms with Gasteiger partial charge in [-0.1, -0.05) is 17.7 Å². The van der Waals surface area contributed by atoms with E-state index in [1.165, 1.54) is 0 Å². The maximum absolute atomic E-state index is 11.6. The molecule has 0 aliphatic carbocycles. The highest BCUT2D eigenvalue weighted by atomic mass is 32.2. The Balaban J connectivity index is 1.60. The second kappa shape index (κ2) is 8.14. The fourth-order valence-corrected chi connectivity index (χ4v) is 3.96. The van der Waals surface area contributed by atoms with Crippen LogP contribution in [0.25, 0.3) is 0 Å². The molecule has 8 heteroatoms. The molecule has 1 amide bonds. The maximum Gasteiger partial charge on any atom is 0.309 e. The van der Waals surface area contributed by atoms with Crippen LogP contribution in [0.5, 0.6) is 5.75 Å². The molecule has 1 atom stereocenters. The van der Waals surface area contributed by atoms with Gasteiger partial charge in [0.1, 0.15) is 5.75 Å². The van der Waals surface area contributed by atoms with Crippen molar-refractivity contribution in [2.24, 2.45) is 0 Å². The van der Waals surface area contributed by atoms with E-state index < -0.39 is 34.4 Å². The molecule has 24 heavy (non-hydrogen) atoms. The van der Waals surface area contributed by atoms with Gasteiger partial charge in [0.25, 0.3) is 5.91 Å². The molecule has 1 N–H and O–H groups in total. The van der Waals surface area contributed by atoms with Crippen molar-refractivity contribution < 1.29 is 27.5 Å². The van der Waals surface area contributed by atoms with Gasteiger partial charge in [-0.05, 0) is 25.5 Å². The number of amides is 1. The van der Waals surface area contributed by atoms with Crippen molar-refractivity contribution in [1.82, 2.24) is 5.32 Å². The molecule has 2 rings (SSSR count). The minimum Gasteiger partial charge on any atom is -0.493 e. The number of ether oxygens (including phenoxy) is 2. The van der Waals surface area contributed by atoms with Gasteiger partial charge in [0.05, 0.1) is 24.5 Å². The van der Waals surface area contributed by atoms with E-state index in [0.717, 1.165) is 5.56 Å². The fraction of sp³-hybridized carbons (Fsp3) is 0.500. The molecule has 1 heterocycles. The first-order chi connectivity index (χ1) is 11.3. The number of aryl methyl sites for hydroxylation is 1. The lowest BCUT2D eigenvalue weighted by Crippen LogP contribution is -2.38. The molecule has 0 unspecified atom stereocenters. The van der Waals surface area contributed by atoms with Crippen LogP contribution in [0.15, 0.2) is 24.3 Å². The number of benzene rings is 1. The lowest BCUT2D eigenvalue weighted by Gasteiger charge is -2.11. The van der Waals surface area contributed by atoms with Gasteiger partial charge in [-0.2, -0.15) is 0 Å². The summed E-state index contributed by atoms with van der Waals surface area (Å²) in [7, 11) is -3.05. The highest BCUT2D eigenvalue weighted by molar-refractivity contribution is 7.91. The highest BCUT2D eigenvalue weighted by Crippen LogP contribution is 2.12. The van der Waals surface area contributed by atoms with Gasteiger partial charge in [-0.25, -0.2) is 8.42 Å². The predicted octanol–water partition coefficient (Wildman–Crippen LogP) is 0.610. The molecule has 0 bridgehead atoms. The third-order valence-electron chi connectivity index (χ3n) is 3.56. The monoisotopic (exact) mass is 355 g/mol. The fourth-order valence-electron chi connectivity index (χ4n) is 2.28. The topological polar surface area (TPSA) is 98.8 Å². The molecule has 1 aliphatic rings. The minimum atomic E-state index is -3.05. The quantitative estimate of drug-likeness (QED) is 0.720. The number of hydrogen-bond acceptors (Lipinski definition) is 6. The molecule has 0 radical (unpaired) electrons. The van der Waals surface area contributed by atoms with Gasteiger partial charge in [0.2, 0.25) is 0 Å². The van der Waals surface area contributed by atoms with Crippen LogP contribution in [0.4, 0.5) is 0 Å². The summed E-state index contributed by atoms with van der Waals surface area (Å²) < 4.78 is 32.8. The van der Waals surface area contributed by atoms with Gasteiger partial charge in [-0.3, -0.25) is 9.59 Å². The Labute approximate surface area is 141 Å². The largest absolute Gasteiger partial charge is 0.493 e. The molecule has 0 saturated carbocycles. The number of carbonyl (C=O) groups is 2. The molecule has 1 fully saturated rings. The lowest BCUT2D eigenvalue weighted by molar-refractivity contribution is -0.149. The van der Waals surface area contributed by atoms with Gasteiger partial charge < -0.3 is 14.8 Å². The van der Waals surface area contributed by atoms with Crippen LogP contribution in [0.1, 0.15) is 18.4 Å². The van der Waals surface area contributed by atoms with Crippen LogP contribution in [0.3, 0.4) is 0 Å². The summed E-state index contributed by atoms with van der Waals surface area (Å²) in [5.41, 5.74) is 1.11. The van der Waals surface area contributed by atoms with Crippen LogP contribution in [-0.4, -0.2) is 51.1 Å². The molecule has 1 aliphatic heterocycles. The van der Waals surface area contributed by atoms with Crippen LogP contribution in [0, 0.1) is 6.92 Å². The van der Waals surface area contributed by atoms with Gasteiger partial charge >= 0.3 is 5.97 Å². The number of carbonyl (C=O) groups excluding carboxylic acids is 2. The Morgan fingerprint density at radius 1 is 1.25 bits per heavy atom. The minimum absolute atomic E-state index is 0.0268. The first kappa shape index (κ1) is 18.3. The predicted molar refractivity (Wildman–Crippen MR) is 87.5 cm³/mol. The summed E-state index contributed by atoms with van der Waals surface area (Å²) in [5.74, 6) is -0.361. The molecule has 0 aromatic heterocycles. The van der Waals surface area contributed by atoms with Crippen molar-refractivity contribution in [2.45, 2.75) is 25.8 Å². The Morgan fingerprint density at radius 2 is 1.96 bits per heavy atom. The zero-order chi connectivity index (χ0) is 17.6. The second-order valence-corrected chi connectivity index (χ2v) is 7.97. The average molecular weight is 355 g/mol. The normalized spacial score (nSPS) is 18.8. The first-order valence-corrected chi connectivity index (χ1v) is 9.51. The van der Waals surface area contributed by atoms with E-state index in [-0.39, 0.29) is 24.5 Å². The molecule has 1 aromatic carbocycles. The molecular formula is C16H21NO6S. The molecule has 1 aromatic rings. The highest BCUT2D eigenvalue weighted by Gasteiger charge is 2.28. The van der Waals surface area contributed by atoms with Crippen LogP contribution in [-0.2, 0) is 24.2 Å². The Kier molecular flexibility index (Phi) is 6.19.